The number of nitrogens with one attached hydrogen (secondary N) is 2. The van der Waals surface area contributed by atoms with Gasteiger partial charge in [-0.2, -0.15) is 0 Å². The van der Waals surface area contributed by atoms with Gasteiger partial charge in [0.2, 0.25) is 5.91 Å². The quantitative estimate of drug-likeness (QED) is 0.541. The molecule has 0 atom stereocenters. The zero-order valence-electron chi connectivity index (χ0n) is 22.1. The predicted molar refractivity (Wildman–Crippen MR) is 141 cm³/mol. The Morgan fingerprint density at radius 2 is 1.50 bits per heavy atom. The van der Waals surface area contributed by atoms with Gasteiger partial charge in [-0.1, -0.05) is 60.7 Å². The van der Waals surface area contributed by atoms with Gasteiger partial charge in [-0.15, -0.1) is 0 Å². The van der Waals surface area contributed by atoms with E-state index in [9.17, 15) is 19.2 Å². The number of aryl methyl sites for hydroxylation is 1. The number of amides is 5. The van der Waals surface area contributed by atoms with E-state index in [1.54, 1.807) is 25.7 Å². The fraction of sp³-hybridized carbons (Fsp3) is 0.429. The Morgan fingerprint density at radius 1 is 0.921 bits per heavy atom. The summed E-state index contributed by atoms with van der Waals surface area (Å²) in [5.74, 6) is -0.461. The van der Waals surface area contributed by atoms with Crippen molar-refractivity contribution in [2.75, 3.05) is 13.1 Å². The Labute approximate surface area is 223 Å². The molecule has 1 aliphatic rings. The molecule has 2 aromatic rings. The second-order valence-electron chi connectivity index (χ2n) is 10.1. The highest BCUT2D eigenvalue weighted by Crippen LogP contribution is 2.18. The molecule has 204 valence electrons. The molecule has 0 radical (unpaired) electrons. The van der Waals surface area contributed by atoms with E-state index in [4.69, 9.17) is 9.47 Å². The number of urea groups is 1. The first kappa shape index (κ1) is 28.5. The van der Waals surface area contributed by atoms with Crippen LogP contribution in [0, 0.1) is 0 Å². The Morgan fingerprint density at radius 3 is 2.08 bits per heavy atom. The van der Waals surface area contributed by atoms with Crippen LogP contribution < -0.4 is 10.7 Å². The second kappa shape index (κ2) is 13.5. The van der Waals surface area contributed by atoms with E-state index in [0.717, 1.165) is 16.1 Å². The minimum Gasteiger partial charge on any atom is -0.445 e. The predicted octanol–water partition coefficient (Wildman–Crippen LogP) is 4.40. The Balaban J connectivity index is 1.57. The number of nitrogens with zero attached hydrogens (tertiary/aromatic N) is 2. The highest BCUT2D eigenvalue weighted by Gasteiger charge is 2.33. The molecule has 10 heteroatoms. The Kier molecular flexibility index (Phi) is 10.1. The fourth-order valence-electron chi connectivity index (χ4n) is 3.97. The van der Waals surface area contributed by atoms with Crippen LogP contribution in [0.15, 0.2) is 60.7 Å². The number of hydrazine groups is 1. The maximum absolute atomic E-state index is 13.1. The van der Waals surface area contributed by atoms with Crippen LogP contribution in [0.1, 0.15) is 51.2 Å². The normalized spacial score (nSPS) is 13.8. The molecule has 0 aliphatic carbocycles. The molecule has 5 amide bonds. The third kappa shape index (κ3) is 9.42. The number of piperidine rings is 1. The third-order valence-corrected chi connectivity index (χ3v) is 5.85. The van der Waals surface area contributed by atoms with Gasteiger partial charge in [0, 0.05) is 19.5 Å². The van der Waals surface area contributed by atoms with Crippen LogP contribution in [0.5, 0.6) is 0 Å². The number of carbonyl (C=O) groups excluding carboxylic acids is 4. The summed E-state index contributed by atoms with van der Waals surface area (Å²) < 4.78 is 10.7. The van der Waals surface area contributed by atoms with E-state index in [2.05, 4.69) is 10.7 Å². The number of benzene rings is 2. The summed E-state index contributed by atoms with van der Waals surface area (Å²) in [4.78, 5) is 52.1. The highest BCUT2D eigenvalue weighted by molar-refractivity contribution is 5.95. The minimum absolute atomic E-state index is 0.113. The number of ether oxygens (including phenoxy) is 2. The van der Waals surface area contributed by atoms with Gasteiger partial charge in [0.15, 0.2) is 0 Å². The molecule has 0 aromatic heterocycles. The minimum atomic E-state index is -0.811. The van der Waals surface area contributed by atoms with E-state index in [-0.39, 0.29) is 13.0 Å². The molecule has 2 N–H and O–H groups in total. The molecule has 1 aliphatic heterocycles. The van der Waals surface area contributed by atoms with Crippen molar-refractivity contribution >= 4 is 24.1 Å². The van der Waals surface area contributed by atoms with Gasteiger partial charge in [0.25, 0.3) is 0 Å². The van der Waals surface area contributed by atoms with E-state index < -0.39 is 35.8 Å². The van der Waals surface area contributed by atoms with Crippen LogP contribution in [-0.4, -0.2) is 58.8 Å². The summed E-state index contributed by atoms with van der Waals surface area (Å²) in [5, 5.41) is 3.46. The first-order valence-electron chi connectivity index (χ1n) is 12.7. The maximum Gasteiger partial charge on any atom is 0.426 e. The van der Waals surface area contributed by atoms with Crippen molar-refractivity contribution < 1.29 is 28.7 Å². The molecule has 1 heterocycles. The van der Waals surface area contributed by atoms with Crippen LogP contribution in [0.2, 0.25) is 0 Å². The summed E-state index contributed by atoms with van der Waals surface area (Å²) in [6, 6.07) is 17.6. The summed E-state index contributed by atoms with van der Waals surface area (Å²) in [5.41, 5.74) is 3.58. The lowest BCUT2D eigenvalue weighted by atomic mass is 10.1. The third-order valence-electron chi connectivity index (χ3n) is 5.85. The Hall–Kier alpha value is -4.08. The van der Waals surface area contributed by atoms with Crippen molar-refractivity contribution in [3.05, 3.63) is 71.8 Å². The molecule has 3 rings (SSSR count). The first-order chi connectivity index (χ1) is 18.1. The number of hydrogen-bond acceptors (Lipinski definition) is 6. The number of carbonyl (C=O) groups is 4. The number of likely N-dealkylation sites (tertiary alicyclic amines) is 1. The number of imide groups is 1. The van der Waals surface area contributed by atoms with Gasteiger partial charge in [-0.05, 0) is 51.2 Å². The van der Waals surface area contributed by atoms with E-state index in [0.29, 0.717) is 32.4 Å². The summed E-state index contributed by atoms with van der Waals surface area (Å²) in [7, 11) is 0. The van der Waals surface area contributed by atoms with E-state index in [1.165, 1.54) is 0 Å². The molecular weight excluding hydrogens is 488 g/mol. The lowest BCUT2D eigenvalue weighted by Gasteiger charge is -2.37. The zero-order valence-corrected chi connectivity index (χ0v) is 22.1. The average Bonchev–Trinajstić information content (AvgIpc) is 2.89. The number of hydrogen-bond donors (Lipinski definition) is 2. The summed E-state index contributed by atoms with van der Waals surface area (Å²) in [6.07, 6.45) is 0.0857. The van der Waals surface area contributed by atoms with Crippen LogP contribution in [-0.2, 0) is 27.3 Å². The van der Waals surface area contributed by atoms with Crippen molar-refractivity contribution in [2.24, 2.45) is 0 Å². The molecule has 0 saturated carbocycles. The van der Waals surface area contributed by atoms with Gasteiger partial charge in [0.1, 0.15) is 12.2 Å². The first-order valence-corrected chi connectivity index (χ1v) is 12.7. The van der Waals surface area contributed by atoms with Crippen LogP contribution in [0.3, 0.4) is 0 Å². The average molecular weight is 525 g/mol. The lowest BCUT2D eigenvalue weighted by Crippen LogP contribution is -2.59. The highest BCUT2D eigenvalue weighted by atomic mass is 16.6. The largest absolute Gasteiger partial charge is 0.445 e. The van der Waals surface area contributed by atoms with Crippen LogP contribution in [0.4, 0.5) is 14.4 Å². The molecule has 0 unspecified atom stereocenters. The van der Waals surface area contributed by atoms with Crippen molar-refractivity contribution in [2.45, 2.75) is 64.7 Å². The fourth-order valence-corrected chi connectivity index (χ4v) is 3.97. The zero-order chi connectivity index (χ0) is 27.5. The van der Waals surface area contributed by atoms with Crippen molar-refractivity contribution in [3.8, 4) is 0 Å². The van der Waals surface area contributed by atoms with E-state index >= 15 is 0 Å². The van der Waals surface area contributed by atoms with Gasteiger partial charge < -0.3 is 14.4 Å². The number of rotatable bonds is 6. The van der Waals surface area contributed by atoms with Gasteiger partial charge in [0.05, 0.1) is 6.04 Å². The topological polar surface area (TPSA) is 117 Å². The molecule has 1 saturated heterocycles. The molecule has 38 heavy (non-hydrogen) atoms. The molecule has 0 spiro atoms. The molecule has 2 aromatic carbocycles. The SMILES string of the molecule is CC(C)(C)OC(=O)NN(C(=O)NC(=O)CCc1ccccc1)C1CCN(C(=O)OCc2ccccc2)CC1. The second-order valence-corrected chi connectivity index (χ2v) is 10.1. The molecule has 10 nitrogen and oxygen atoms in total. The molecular formula is C28H36N4O6. The molecule has 1 fully saturated rings. The Bertz CT molecular complexity index is 1080. The van der Waals surface area contributed by atoms with Crippen molar-refractivity contribution in [1.29, 1.82) is 0 Å². The maximum atomic E-state index is 13.1. The monoisotopic (exact) mass is 524 g/mol. The van der Waals surface area contributed by atoms with Crippen molar-refractivity contribution in [3.63, 3.8) is 0 Å². The van der Waals surface area contributed by atoms with Crippen LogP contribution in [0.25, 0.3) is 0 Å². The standard InChI is InChI=1S/C28H36N4O6/c1-28(2,3)38-26(35)30-32(25(34)29-24(33)15-14-21-10-6-4-7-11-21)23-16-18-31(19-17-23)27(36)37-20-22-12-8-5-9-13-22/h4-13,23H,14-20H2,1-3H3,(H,30,35)(H,29,33,34). The smallest absolute Gasteiger partial charge is 0.426 e. The van der Waals surface area contributed by atoms with Gasteiger partial charge in [-0.3, -0.25) is 10.1 Å². The summed E-state index contributed by atoms with van der Waals surface area (Å²) >= 11 is 0. The van der Waals surface area contributed by atoms with Crippen molar-refractivity contribution in [1.82, 2.24) is 20.7 Å². The van der Waals surface area contributed by atoms with E-state index in [1.807, 2.05) is 60.7 Å². The van der Waals surface area contributed by atoms with Crippen LogP contribution >= 0.6 is 0 Å². The van der Waals surface area contributed by atoms with Gasteiger partial charge in [-0.25, -0.2) is 24.8 Å². The summed E-state index contributed by atoms with van der Waals surface area (Å²) in [6.45, 7) is 5.94. The molecule has 0 bridgehead atoms. The lowest BCUT2D eigenvalue weighted by molar-refractivity contribution is -0.120. The van der Waals surface area contributed by atoms with Gasteiger partial charge >= 0.3 is 18.2 Å².